The van der Waals surface area contributed by atoms with E-state index in [1.807, 2.05) is 18.2 Å². The second kappa shape index (κ2) is 6.10. The van der Waals surface area contributed by atoms with Crippen LogP contribution in [0.2, 0.25) is 0 Å². The summed E-state index contributed by atoms with van der Waals surface area (Å²) in [5, 5.41) is 0.790. The average molecular weight is 332 g/mol. The molecule has 1 aromatic carbocycles. The first-order valence-electron chi connectivity index (χ1n) is 6.90. The number of imidazole rings is 1. The van der Waals surface area contributed by atoms with Crippen LogP contribution in [0.25, 0.3) is 11.2 Å². The molecule has 0 atom stereocenters. The quantitative estimate of drug-likeness (QED) is 0.589. The van der Waals surface area contributed by atoms with E-state index in [4.69, 9.17) is 12.2 Å². The van der Waals surface area contributed by atoms with Crippen molar-refractivity contribution in [3.8, 4) is 0 Å². The Balaban J connectivity index is 1.84. The van der Waals surface area contributed by atoms with Crippen LogP contribution in [0.15, 0.2) is 40.3 Å². The topological polar surface area (TPSA) is 55.6 Å². The largest absolute Gasteiger partial charge is 0.330 e. The monoisotopic (exact) mass is 332 g/mol. The van der Waals surface area contributed by atoms with Crippen molar-refractivity contribution in [1.82, 2.24) is 19.1 Å². The van der Waals surface area contributed by atoms with Crippen molar-refractivity contribution in [1.29, 1.82) is 0 Å². The Labute approximate surface area is 137 Å². The molecular formula is C15H16N4OS2. The maximum Gasteiger partial charge on any atom is 0.330 e. The predicted octanol–water partition coefficient (Wildman–Crippen LogP) is 2.66. The van der Waals surface area contributed by atoms with Gasteiger partial charge in [0.05, 0.1) is 0 Å². The molecule has 5 nitrogen and oxygen atoms in total. The third-order valence-corrected chi connectivity index (χ3v) is 4.90. The van der Waals surface area contributed by atoms with Crippen molar-refractivity contribution >= 4 is 35.1 Å². The highest BCUT2D eigenvalue weighted by Gasteiger charge is 2.11. The molecule has 7 heteroatoms. The number of aryl methyl sites for hydroxylation is 2. The minimum Gasteiger partial charge on any atom is -0.329 e. The standard InChI is InChI=1S/C15H16N4OS2/c1-18-12-11(13(21)19(2)15(18)20)16-14(17-12)22-9-8-10-6-4-3-5-7-10/h3-7H,8-9H2,1-2H3,(H,16,17). The van der Waals surface area contributed by atoms with Gasteiger partial charge in [0, 0.05) is 19.8 Å². The molecule has 0 saturated carbocycles. The van der Waals surface area contributed by atoms with Gasteiger partial charge in [0.25, 0.3) is 0 Å². The zero-order chi connectivity index (χ0) is 15.7. The van der Waals surface area contributed by atoms with E-state index >= 15 is 0 Å². The maximum absolute atomic E-state index is 12.0. The van der Waals surface area contributed by atoms with Gasteiger partial charge in [-0.05, 0) is 12.0 Å². The second-order valence-electron chi connectivity index (χ2n) is 5.03. The highest BCUT2D eigenvalue weighted by atomic mass is 32.2. The molecule has 3 aromatic rings. The lowest BCUT2D eigenvalue weighted by atomic mass is 10.2. The van der Waals surface area contributed by atoms with Crippen LogP contribution in [0, 0.1) is 4.64 Å². The summed E-state index contributed by atoms with van der Waals surface area (Å²) in [6, 6.07) is 10.3. The van der Waals surface area contributed by atoms with E-state index in [0.717, 1.165) is 22.8 Å². The third-order valence-electron chi connectivity index (χ3n) is 3.55. The summed E-state index contributed by atoms with van der Waals surface area (Å²) < 4.78 is 3.46. The summed E-state index contributed by atoms with van der Waals surface area (Å²) in [5.74, 6) is 0.913. The van der Waals surface area contributed by atoms with Crippen LogP contribution in [0.1, 0.15) is 5.56 Å². The highest BCUT2D eigenvalue weighted by molar-refractivity contribution is 7.99. The lowest BCUT2D eigenvalue weighted by Crippen LogP contribution is -2.27. The molecule has 0 aliphatic rings. The fraction of sp³-hybridized carbons (Fsp3) is 0.267. The Hall–Kier alpha value is -1.86. The predicted molar refractivity (Wildman–Crippen MR) is 92.0 cm³/mol. The summed E-state index contributed by atoms with van der Waals surface area (Å²) in [4.78, 5) is 19.7. The van der Waals surface area contributed by atoms with Gasteiger partial charge in [0.1, 0.15) is 10.2 Å². The number of fused-ring (bicyclic) bond motifs is 1. The van der Waals surface area contributed by atoms with Gasteiger partial charge in [0.2, 0.25) is 0 Å². The van der Waals surface area contributed by atoms with Crippen LogP contribution < -0.4 is 5.69 Å². The molecule has 22 heavy (non-hydrogen) atoms. The smallest absolute Gasteiger partial charge is 0.329 e. The molecule has 2 heterocycles. The van der Waals surface area contributed by atoms with E-state index < -0.39 is 0 Å². The molecule has 0 bridgehead atoms. The summed E-state index contributed by atoms with van der Waals surface area (Å²) in [7, 11) is 3.38. The van der Waals surface area contributed by atoms with Gasteiger partial charge in [0.15, 0.2) is 10.8 Å². The second-order valence-corrected chi connectivity index (χ2v) is 6.50. The number of aromatic nitrogens is 4. The van der Waals surface area contributed by atoms with Crippen molar-refractivity contribution in [3.63, 3.8) is 0 Å². The molecule has 2 aromatic heterocycles. The van der Waals surface area contributed by atoms with Gasteiger partial charge < -0.3 is 4.98 Å². The van der Waals surface area contributed by atoms with Crippen molar-refractivity contribution < 1.29 is 0 Å². The Morgan fingerprint density at radius 3 is 2.68 bits per heavy atom. The van der Waals surface area contributed by atoms with Crippen LogP contribution >= 0.6 is 24.0 Å². The van der Waals surface area contributed by atoms with Crippen molar-refractivity contribution in [2.75, 3.05) is 5.75 Å². The molecule has 114 valence electrons. The summed E-state index contributed by atoms with van der Waals surface area (Å²) >= 11 is 6.95. The molecular weight excluding hydrogens is 316 g/mol. The number of nitrogens with one attached hydrogen (secondary N) is 1. The van der Waals surface area contributed by atoms with Crippen LogP contribution in [-0.2, 0) is 20.5 Å². The zero-order valence-electron chi connectivity index (χ0n) is 12.4. The van der Waals surface area contributed by atoms with E-state index in [1.54, 1.807) is 25.9 Å². The minimum atomic E-state index is -0.162. The normalized spacial score (nSPS) is 11.2. The van der Waals surface area contributed by atoms with Crippen LogP contribution in [-0.4, -0.2) is 24.9 Å². The van der Waals surface area contributed by atoms with Gasteiger partial charge >= 0.3 is 5.69 Å². The average Bonchev–Trinajstić information content (AvgIpc) is 2.96. The Bertz CT molecular complexity index is 924. The number of rotatable bonds is 4. The number of hydrogen-bond donors (Lipinski definition) is 1. The fourth-order valence-corrected chi connectivity index (χ4v) is 3.36. The SMILES string of the molecule is Cn1c(=S)c2[nH]c(SCCc3ccccc3)nc2n(C)c1=O. The Kier molecular flexibility index (Phi) is 4.17. The number of H-pyrrole nitrogens is 1. The van der Waals surface area contributed by atoms with E-state index in [2.05, 4.69) is 22.1 Å². The number of hydrogen-bond acceptors (Lipinski definition) is 4. The molecule has 3 rings (SSSR count). The van der Waals surface area contributed by atoms with Gasteiger partial charge in [-0.1, -0.05) is 54.3 Å². The number of thioether (sulfide) groups is 1. The molecule has 0 amide bonds. The van der Waals surface area contributed by atoms with E-state index in [9.17, 15) is 4.79 Å². The van der Waals surface area contributed by atoms with E-state index in [0.29, 0.717) is 10.3 Å². The Morgan fingerprint density at radius 1 is 1.23 bits per heavy atom. The molecule has 1 N–H and O–H groups in total. The summed E-state index contributed by atoms with van der Waals surface area (Å²) in [6.45, 7) is 0. The number of aromatic amines is 1. The van der Waals surface area contributed by atoms with Crippen LogP contribution in [0.5, 0.6) is 0 Å². The summed E-state index contributed by atoms with van der Waals surface area (Å²) in [5.41, 5.74) is 2.48. The molecule has 0 aliphatic heterocycles. The van der Waals surface area contributed by atoms with Gasteiger partial charge in [-0.2, -0.15) is 0 Å². The van der Waals surface area contributed by atoms with Gasteiger partial charge in [-0.3, -0.25) is 9.13 Å². The van der Waals surface area contributed by atoms with Crippen molar-refractivity contribution in [3.05, 3.63) is 51.0 Å². The minimum absolute atomic E-state index is 0.162. The molecule has 0 aliphatic carbocycles. The third kappa shape index (κ3) is 2.74. The number of benzene rings is 1. The van der Waals surface area contributed by atoms with Crippen molar-refractivity contribution in [2.24, 2.45) is 14.1 Å². The maximum atomic E-state index is 12.0. The molecule has 0 radical (unpaired) electrons. The number of nitrogens with zero attached hydrogens (tertiary/aromatic N) is 3. The zero-order valence-corrected chi connectivity index (χ0v) is 14.0. The van der Waals surface area contributed by atoms with Gasteiger partial charge in [-0.15, -0.1) is 0 Å². The van der Waals surface area contributed by atoms with Crippen LogP contribution in [0.3, 0.4) is 0 Å². The highest BCUT2D eigenvalue weighted by Crippen LogP contribution is 2.20. The van der Waals surface area contributed by atoms with Gasteiger partial charge in [-0.25, -0.2) is 9.78 Å². The lowest BCUT2D eigenvalue weighted by Gasteiger charge is -2.02. The molecule has 0 unspecified atom stereocenters. The lowest BCUT2D eigenvalue weighted by molar-refractivity contribution is 0.721. The first-order valence-corrected chi connectivity index (χ1v) is 8.30. The fourth-order valence-electron chi connectivity index (χ4n) is 2.28. The Morgan fingerprint density at radius 2 is 1.95 bits per heavy atom. The summed E-state index contributed by atoms with van der Waals surface area (Å²) in [6.07, 6.45) is 0.968. The molecule has 0 fully saturated rings. The van der Waals surface area contributed by atoms with E-state index in [-0.39, 0.29) is 5.69 Å². The van der Waals surface area contributed by atoms with Crippen molar-refractivity contribution in [2.45, 2.75) is 11.6 Å². The molecule has 0 saturated heterocycles. The van der Waals surface area contributed by atoms with Crippen LogP contribution in [0.4, 0.5) is 0 Å². The first kappa shape index (κ1) is 15.1. The van der Waals surface area contributed by atoms with E-state index in [1.165, 1.54) is 14.7 Å². The first-order chi connectivity index (χ1) is 10.6. The molecule has 0 spiro atoms.